The van der Waals surface area contributed by atoms with E-state index in [1.165, 1.54) is 12.3 Å². The number of ether oxygens (including phenoxy) is 1. The number of likely N-dealkylation sites (N-methyl/N-ethyl adjacent to an activating group) is 1. The van der Waals surface area contributed by atoms with E-state index in [1.807, 2.05) is 23.6 Å². The van der Waals surface area contributed by atoms with E-state index in [4.69, 9.17) is 32.5 Å². The number of aromatic nitrogens is 2. The van der Waals surface area contributed by atoms with Gasteiger partial charge in [0.05, 0.1) is 11.0 Å². The second-order valence-corrected chi connectivity index (χ2v) is 10.1. The molecule has 0 spiro atoms. The molecule has 36 heavy (non-hydrogen) atoms. The van der Waals surface area contributed by atoms with Gasteiger partial charge >= 0.3 is 6.09 Å². The molecule has 10 heteroatoms. The van der Waals surface area contributed by atoms with E-state index in [-0.39, 0.29) is 11.1 Å². The highest BCUT2D eigenvalue weighted by Crippen LogP contribution is 2.30. The van der Waals surface area contributed by atoms with Crippen molar-refractivity contribution in [3.05, 3.63) is 70.4 Å². The van der Waals surface area contributed by atoms with E-state index in [2.05, 4.69) is 5.32 Å². The molecule has 192 valence electrons. The van der Waals surface area contributed by atoms with Crippen molar-refractivity contribution < 1.29 is 13.9 Å². The number of hydrogen-bond acceptors (Lipinski definition) is 6. The van der Waals surface area contributed by atoms with Gasteiger partial charge in [-0.1, -0.05) is 23.7 Å². The summed E-state index contributed by atoms with van der Waals surface area (Å²) in [6.07, 6.45) is 1.59. The first-order chi connectivity index (χ1) is 16.9. The minimum absolute atomic E-state index is 0.195. The smallest absolute Gasteiger partial charge is 0.408 e. The predicted octanol–water partition coefficient (Wildman–Crippen LogP) is 4.95. The number of carbonyl (C=O) groups is 1. The third kappa shape index (κ3) is 6.41. The second-order valence-electron chi connectivity index (χ2n) is 9.64. The van der Waals surface area contributed by atoms with Crippen LogP contribution < -0.4 is 11.1 Å². The van der Waals surface area contributed by atoms with Crippen molar-refractivity contribution in [1.29, 1.82) is 5.41 Å². The average Bonchev–Trinajstić information content (AvgIpc) is 3.13. The second kappa shape index (κ2) is 11.1. The first kappa shape index (κ1) is 27.2. The average molecular weight is 515 g/mol. The summed E-state index contributed by atoms with van der Waals surface area (Å²) in [6, 6.07) is 9.31. The first-order valence-corrected chi connectivity index (χ1v) is 11.8. The van der Waals surface area contributed by atoms with Gasteiger partial charge in [-0.15, -0.1) is 0 Å². The highest BCUT2D eigenvalue weighted by molar-refractivity contribution is 6.30. The molecule has 0 fully saturated rings. The van der Waals surface area contributed by atoms with Gasteiger partial charge in [-0.05, 0) is 58.6 Å². The number of fused-ring (bicyclic) bond motifs is 1. The van der Waals surface area contributed by atoms with Gasteiger partial charge < -0.3 is 30.7 Å². The molecule has 0 saturated heterocycles. The fourth-order valence-corrected chi connectivity index (χ4v) is 3.86. The maximum Gasteiger partial charge on any atom is 0.408 e. The standard InChI is InChI=1S/C26H32ClFN6O2/c1-26(2,3)36-25(35)32-23(16-6-8-18(27)9-7-16)24-31-21-13-20(28)19(17(14-29)15-30)12-22(21)34(24)11-10-33(4)5/h6-9,12-15,23,29H,10-11,30H2,1-5H3,(H,32,35)/b17-15+,29-14?. The maximum atomic E-state index is 15.0. The number of halogens is 2. The van der Waals surface area contributed by atoms with Gasteiger partial charge in [-0.25, -0.2) is 14.2 Å². The molecular weight excluding hydrogens is 483 g/mol. The Balaban J connectivity index is 2.23. The summed E-state index contributed by atoms with van der Waals surface area (Å²) >= 11 is 6.11. The van der Waals surface area contributed by atoms with Crippen molar-refractivity contribution >= 4 is 40.5 Å². The fraction of sp³-hybridized carbons (Fsp3) is 0.346. The molecule has 3 aromatic rings. The van der Waals surface area contributed by atoms with Crippen LogP contribution >= 0.6 is 11.6 Å². The largest absolute Gasteiger partial charge is 0.444 e. The Morgan fingerprint density at radius 1 is 1.31 bits per heavy atom. The molecule has 1 aromatic heterocycles. The Morgan fingerprint density at radius 2 is 1.97 bits per heavy atom. The SMILES string of the molecule is CN(C)CCn1c(C(NC(=O)OC(C)(C)C)c2ccc(Cl)cc2)nc2cc(F)c(/C(C=N)=C/N)cc21. The zero-order valence-electron chi connectivity index (χ0n) is 21.1. The van der Waals surface area contributed by atoms with Gasteiger partial charge in [-0.2, -0.15) is 0 Å². The number of benzene rings is 2. The molecule has 0 bridgehead atoms. The highest BCUT2D eigenvalue weighted by Gasteiger charge is 2.27. The van der Waals surface area contributed by atoms with E-state index in [1.54, 1.807) is 51.1 Å². The van der Waals surface area contributed by atoms with Crippen LogP contribution in [-0.4, -0.2) is 53.0 Å². The normalized spacial score (nSPS) is 13.2. The van der Waals surface area contributed by atoms with E-state index in [0.717, 1.165) is 11.8 Å². The number of rotatable bonds is 8. The summed E-state index contributed by atoms with van der Waals surface area (Å²) in [5.41, 5.74) is 7.17. The summed E-state index contributed by atoms with van der Waals surface area (Å²) in [4.78, 5) is 19.6. The fourth-order valence-electron chi connectivity index (χ4n) is 3.73. The number of hydrogen-bond donors (Lipinski definition) is 3. The van der Waals surface area contributed by atoms with Gasteiger partial charge in [0.15, 0.2) is 0 Å². The Morgan fingerprint density at radius 3 is 2.53 bits per heavy atom. The van der Waals surface area contributed by atoms with Gasteiger partial charge in [0, 0.05) is 47.7 Å². The molecule has 1 heterocycles. The van der Waals surface area contributed by atoms with Crippen molar-refractivity contribution in [2.75, 3.05) is 20.6 Å². The number of nitrogens with two attached hydrogens (primary N) is 1. The van der Waals surface area contributed by atoms with Crippen molar-refractivity contribution in [3.63, 3.8) is 0 Å². The number of imidazole rings is 1. The van der Waals surface area contributed by atoms with E-state index in [9.17, 15) is 4.79 Å². The lowest BCUT2D eigenvalue weighted by molar-refractivity contribution is 0.0509. The molecule has 2 aromatic carbocycles. The molecule has 3 rings (SSSR count). The lowest BCUT2D eigenvalue weighted by Gasteiger charge is -2.25. The quantitative estimate of drug-likeness (QED) is 0.368. The topological polar surface area (TPSA) is 109 Å². The van der Waals surface area contributed by atoms with Crippen LogP contribution in [0.2, 0.25) is 5.02 Å². The molecule has 0 aliphatic heterocycles. The van der Waals surface area contributed by atoms with Crippen LogP contribution in [0.3, 0.4) is 0 Å². The molecule has 1 atom stereocenters. The van der Waals surface area contributed by atoms with Crippen molar-refractivity contribution in [2.45, 2.75) is 39.0 Å². The lowest BCUT2D eigenvalue weighted by Crippen LogP contribution is -2.36. The number of alkyl carbamates (subject to hydrolysis) is 1. The molecule has 4 N–H and O–H groups in total. The summed E-state index contributed by atoms with van der Waals surface area (Å²) in [6.45, 7) is 6.52. The van der Waals surface area contributed by atoms with Crippen molar-refractivity contribution in [3.8, 4) is 0 Å². The van der Waals surface area contributed by atoms with Crippen LogP contribution in [0.4, 0.5) is 9.18 Å². The third-order valence-electron chi connectivity index (χ3n) is 5.41. The van der Waals surface area contributed by atoms with Crippen LogP contribution in [0.25, 0.3) is 16.6 Å². The van der Waals surface area contributed by atoms with Crippen LogP contribution in [-0.2, 0) is 11.3 Å². The molecule has 1 amide bonds. The van der Waals surface area contributed by atoms with Crippen molar-refractivity contribution in [1.82, 2.24) is 19.8 Å². The summed E-state index contributed by atoms with van der Waals surface area (Å²) in [5.74, 6) is -0.0423. The molecule has 0 saturated carbocycles. The van der Waals surface area contributed by atoms with E-state index < -0.39 is 23.6 Å². The summed E-state index contributed by atoms with van der Waals surface area (Å²) in [7, 11) is 3.90. The summed E-state index contributed by atoms with van der Waals surface area (Å²) in [5, 5.41) is 11.1. The number of nitrogens with zero attached hydrogens (tertiary/aromatic N) is 3. The van der Waals surface area contributed by atoms with E-state index in [0.29, 0.717) is 35.0 Å². The minimum atomic E-state index is -0.703. The van der Waals surface area contributed by atoms with Gasteiger partial charge in [0.2, 0.25) is 0 Å². The van der Waals surface area contributed by atoms with Gasteiger partial charge in [-0.3, -0.25) is 0 Å². The zero-order chi connectivity index (χ0) is 26.6. The van der Waals surface area contributed by atoms with Crippen LogP contribution in [0.5, 0.6) is 0 Å². The number of allylic oxidation sites excluding steroid dienone is 1. The Kier molecular flexibility index (Phi) is 8.37. The van der Waals surface area contributed by atoms with Gasteiger partial charge in [0.25, 0.3) is 0 Å². The molecule has 1 unspecified atom stereocenters. The lowest BCUT2D eigenvalue weighted by atomic mass is 10.1. The Bertz CT molecular complexity index is 1280. The monoisotopic (exact) mass is 514 g/mol. The Hall–Kier alpha value is -3.43. The van der Waals surface area contributed by atoms with E-state index >= 15 is 4.39 Å². The van der Waals surface area contributed by atoms with Gasteiger partial charge in [0.1, 0.15) is 23.3 Å². The summed E-state index contributed by atoms with van der Waals surface area (Å²) < 4.78 is 22.5. The van der Waals surface area contributed by atoms with Crippen LogP contribution in [0.1, 0.15) is 43.8 Å². The predicted molar refractivity (Wildman–Crippen MR) is 142 cm³/mol. The molecular formula is C26H32ClFN6O2. The number of nitrogens with one attached hydrogen (secondary N) is 2. The molecule has 0 aliphatic rings. The minimum Gasteiger partial charge on any atom is -0.444 e. The molecule has 0 aliphatic carbocycles. The Labute approximate surface area is 215 Å². The maximum absolute atomic E-state index is 15.0. The molecule has 0 radical (unpaired) electrons. The van der Waals surface area contributed by atoms with Crippen molar-refractivity contribution in [2.24, 2.45) is 5.73 Å². The highest BCUT2D eigenvalue weighted by atomic mass is 35.5. The van der Waals surface area contributed by atoms with Crippen LogP contribution in [0, 0.1) is 11.2 Å². The third-order valence-corrected chi connectivity index (χ3v) is 5.66. The van der Waals surface area contributed by atoms with Crippen LogP contribution in [0.15, 0.2) is 42.6 Å². The first-order valence-electron chi connectivity index (χ1n) is 11.5. The number of carbonyl (C=O) groups excluding carboxylic acids is 1. The molecule has 8 nitrogen and oxygen atoms in total. The zero-order valence-corrected chi connectivity index (χ0v) is 21.9. The number of amides is 1.